The Hall–Kier alpha value is -0.136. The highest BCUT2D eigenvalue weighted by atomic mass is 29.1. The van der Waals surface area contributed by atoms with Crippen LogP contribution in [-0.4, -0.2) is 23.7 Å². The van der Waals surface area contributed by atoms with E-state index in [1.165, 1.54) is 9.76 Å². The minimum atomic E-state index is 0.501. The van der Waals surface area contributed by atoms with Crippen LogP contribution >= 0.6 is 0 Å². The molecule has 0 bridgehead atoms. The van der Waals surface area contributed by atoms with E-state index in [0.29, 0.717) is 8.65 Å². The fraction of sp³-hybridized carbons (Fsp3) is 0. The van der Waals surface area contributed by atoms with E-state index in [2.05, 4.69) is 17.6 Å². The van der Waals surface area contributed by atoms with Crippen LogP contribution in [0.15, 0.2) is 12.3 Å². The highest BCUT2D eigenvalue weighted by Crippen LogP contribution is 1.19. The lowest BCUT2D eigenvalue weighted by Gasteiger charge is -1.38. The molecule has 0 aromatic carbocycles. The van der Waals surface area contributed by atoms with Crippen LogP contribution in [0.4, 0.5) is 0 Å². The van der Waals surface area contributed by atoms with E-state index in [9.17, 15) is 0 Å². The molecule has 0 rings (SSSR count). The van der Waals surface area contributed by atoms with Crippen LogP contribution in [0.2, 0.25) is 0 Å². The van der Waals surface area contributed by atoms with Crippen molar-refractivity contribution in [1.82, 2.24) is 0 Å². The van der Waals surface area contributed by atoms with Crippen molar-refractivity contribution in [2.24, 2.45) is 0 Å². The second-order valence-electron chi connectivity index (χ2n) is 0.610. The topological polar surface area (TPSA) is 0 Å². The molecule has 0 aromatic rings. The lowest BCUT2D eigenvalue weighted by Crippen LogP contribution is -1.65. The van der Waals surface area contributed by atoms with E-state index in [-0.39, 0.29) is 0 Å². The first-order valence-corrected chi connectivity index (χ1v) is 6.67. The quantitative estimate of drug-likeness (QED) is 0.254. The van der Waals surface area contributed by atoms with Gasteiger partial charge in [-0.2, -0.15) is 0 Å². The van der Waals surface area contributed by atoms with Crippen LogP contribution in [-0.2, 0) is 0 Å². The lowest BCUT2D eigenvalue weighted by molar-refractivity contribution is 2.68. The average Bonchev–Trinajstić information content (AvgIpc) is 1.41. The first kappa shape index (κ1) is 4.86. The smallest absolute Gasteiger partial charge is 0.0383 e. The van der Waals surface area contributed by atoms with Gasteiger partial charge < -0.3 is 0 Å². The predicted octanol–water partition coefficient (Wildman–Crippen LogP) is -1.55. The maximum atomic E-state index is 3.36. The third-order valence-electron chi connectivity index (χ3n) is 0.246. The van der Waals surface area contributed by atoms with Crippen molar-refractivity contribution < 1.29 is 0 Å². The fourth-order valence-electron chi connectivity index (χ4n) is 0.102. The summed E-state index contributed by atoms with van der Waals surface area (Å²) in [6.07, 6.45) is 0. The van der Waals surface area contributed by atoms with Gasteiger partial charge in [-0.25, -0.2) is 0 Å². The van der Waals surface area contributed by atoms with Gasteiger partial charge in [0.05, 0.1) is 0 Å². The second-order valence-corrected chi connectivity index (χ2v) is 3.21. The molecule has 0 unspecified atom stereocenters. The summed E-state index contributed by atoms with van der Waals surface area (Å²) in [6.45, 7) is 3.36. The van der Waals surface area contributed by atoms with Crippen molar-refractivity contribution in [2.75, 3.05) is 0 Å². The van der Waals surface area contributed by atoms with E-state index < -0.39 is 0 Å². The van der Waals surface area contributed by atoms with Crippen LogP contribution < -0.4 is 0 Å². The van der Waals surface area contributed by atoms with E-state index >= 15 is 0 Å². The molecule has 0 fully saturated rings. The van der Waals surface area contributed by atoms with Crippen molar-refractivity contribution in [3.8, 4) is 0 Å². The monoisotopic (exact) mass is 98.0 g/mol. The number of hydrogen-bond donors (Lipinski definition) is 0. The molecule has 0 aromatic heterocycles. The van der Waals surface area contributed by atoms with Crippen molar-refractivity contribution in [3.63, 3.8) is 0 Å². The molecular weight excluding hydrogens is 92.2 g/mol. The molecule has 0 atom stereocenters. The first-order chi connectivity index (χ1) is 2.41. The Morgan fingerprint density at radius 3 is 2.40 bits per heavy atom. The van der Waals surface area contributed by atoms with Gasteiger partial charge in [0, 0.05) is 18.4 Å². The average molecular weight is 98.3 g/mol. The SMILES string of the molecule is C=C=C=[SiH][SiH3]. The van der Waals surface area contributed by atoms with Crippen LogP contribution in [0, 0.1) is 0 Å². The maximum absolute atomic E-state index is 3.36. The van der Waals surface area contributed by atoms with Gasteiger partial charge in [0.1, 0.15) is 0 Å². The summed E-state index contributed by atoms with van der Waals surface area (Å²) in [6, 6.07) is 0. The molecule has 0 spiro atoms. The summed E-state index contributed by atoms with van der Waals surface area (Å²) in [5, 5.41) is 2.90. The first-order valence-electron chi connectivity index (χ1n) is 1.47. The Balaban J connectivity index is 3.75. The van der Waals surface area contributed by atoms with Gasteiger partial charge in [-0.1, -0.05) is 5.73 Å². The molecule has 0 saturated carbocycles. The lowest BCUT2D eigenvalue weighted by atomic mass is 11.0. The maximum Gasteiger partial charge on any atom is 0.0383 e. The highest BCUT2D eigenvalue weighted by molar-refractivity contribution is 6.91. The molecule has 0 saturated heterocycles. The van der Waals surface area contributed by atoms with E-state index in [1.807, 2.05) is 0 Å². The Kier molecular flexibility index (Phi) is 3.76. The highest BCUT2D eigenvalue weighted by Gasteiger charge is 1.33. The largest absolute Gasteiger partial charge is 0.117 e. The molecule has 0 N–H and O–H groups in total. The van der Waals surface area contributed by atoms with Crippen LogP contribution in [0.5, 0.6) is 0 Å². The third kappa shape index (κ3) is 3.86. The van der Waals surface area contributed by atoms with E-state index in [1.54, 1.807) is 0 Å². The zero-order chi connectivity index (χ0) is 4.12. The van der Waals surface area contributed by atoms with Gasteiger partial charge in [-0.05, 0) is 6.58 Å². The Labute approximate surface area is 36.9 Å². The van der Waals surface area contributed by atoms with Gasteiger partial charge in [0.2, 0.25) is 0 Å². The standard InChI is InChI=1S/C3H6Si2/c1-2-3-5-4/h5H,1H2,4H3. The molecule has 0 radical (unpaired) electrons. The molecule has 0 aliphatic rings. The van der Waals surface area contributed by atoms with Crippen LogP contribution in [0.25, 0.3) is 0 Å². The zero-order valence-electron chi connectivity index (χ0n) is 3.28. The predicted molar refractivity (Wildman–Crippen MR) is 31.2 cm³/mol. The van der Waals surface area contributed by atoms with Crippen molar-refractivity contribution in [3.05, 3.63) is 12.3 Å². The van der Waals surface area contributed by atoms with Gasteiger partial charge in [-0.15, -0.1) is 5.33 Å². The Bertz CT molecular complexity index is 83.1. The second kappa shape index (κ2) is 3.86. The molecule has 0 aliphatic heterocycles. The molecule has 5 heavy (non-hydrogen) atoms. The molecule has 0 amide bonds. The van der Waals surface area contributed by atoms with Crippen molar-refractivity contribution in [1.29, 1.82) is 0 Å². The molecule has 2 heteroatoms. The van der Waals surface area contributed by atoms with Gasteiger partial charge in [0.15, 0.2) is 0 Å². The van der Waals surface area contributed by atoms with Gasteiger partial charge in [0.25, 0.3) is 0 Å². The summed E-state index contributed by atoms with van der Waals surface area (Å²) in [5.41, 5.74) is 2.59. The van der Waals surface area contributed by atoms with E-state index in [0.717, 1.165) is 0 Å². The Morgan fingerprint density at radius 2 is 2.40 bits per heavy atom. The fourth-order valence-corrected chi connectivity index (χ4v) is 0.919. The summed E-state index contributed by atoms with van der Waals surface area (Å²) in [7, 11) is 1.77. The molecular formula is C3H6Si2. The van der Waals surface area contributed by atoms with Gasteiger partial charge in [-0.3, -0.25) is 0 Å². The summed E-state index contributed by atoms with van der Waals surface area (Å²) in [4.78, 5) is 0. The van der Waals surface area contributed by atoms with E-state index in [4.69, 9.17) is 0 Å². The summed E-state index contributed by atoms with van der Waals surface area (Å²) >= 11 is 0. The number of hydrogen-bond acceptors (Lipinski definition) is 0. The third-order valence-corrected chi connectivity index (χ3v) is 1.61. The minimum absolute atomic E-state index is 0.501. The molecule has 0 heterocycles. The number of rotatable bonds is 0. The summed E-state index contributed by atoms with van der Waals surface area (Å²) < 4.78 is 0. The Morgan fingerprint density at radius 1 is 1.80 bits per heavy atom. The molecule has 26 valence electrons. The molecule has 0 aliphatic carbocycles. The summed E-state index contributed by atoms with van der Waals surface area (Å²) in [5.74, 6) is 0. The van der Waals surface area contributed by atoms with Crippen LogP contribution in [0.1, 0.15) is 0 Å². The normalized spacial score (nSPS) is 4.80. The van der Waals surface area contributed by atoms with Crippen molar-refractivity contribution >= 4 is 23.7 Å². The molecule has 0 nitrogen and oxygen atoms in total. The zero-order valence-corrected chi connectivity index (χ0v) is 6.44. The van der Waals surface area contributed by atoms with Gasteiger partial charge >= 0.3 is 0 Å². The minimum Gasteiger partial charge on any atom is -0.117 e. The van der Waals surface area contributed by atoms with Crippen LogP contribution in [0.3, 0.4) is 0 Å². The van der Waals surface area contributed by atoms with Crippen molar-refractivity contribution in [2.45, 2.75) is 0 Å².